The first-order valence-corrected chi connectivity index (χ1v) is 12.5. The van der Waals surface area contributed by atoms with Crippen molar-refractivity contribution in [3.8, 4) is 5.75 Å². The Kier molecular flexibility index (Phi) is 5.88. The van der Waals surface area contributed by atoms with E-state index in [1.54, 1.807) is 18.3 Å². The van der Waals surface area contributed by atoms with Crippen molar-refractivity contribution in [2.75, 3.05) is 6.61 Å². The summed E-state index contributed by atoms with van der Waals surface area (Å²) in [6.45, 7) is 0.508. The molecule has 0 atom stereocenters. The number of benzene rings is 1. The Morgan fingerprint density at radius 3 is 2.42 bits per heavy atom. The van der Waals surface area contributed by atoms with Crippen molar-refractivity contribution in [3.05, 3.63) is 33.0 Å². The van der Waals surface area contributed by atoms with Crippen LogP contribution in [0.1, 0.15) is 51.4 Å². The molecule has 0 unspecified atom stereocenters. The predicted molar refractivity (Wildman–Crippen MR) is 126 cm³/mol. The van der Waals surface area contributed by atoms with Gasteiger partial charge >= 0.3 is 11.9 Å². The Bertz CT molecular complexity index is 1000. The molecule has 164 valence electrons. The zero-order chi connectivity index (χ0) is 21.6. The third-order valence-electron chi connectivity index (χ3n) is 7.20. The number of rotatable bonds is 6. The van der Waals surface area contributed by atoms with Crippen LogP contribution in [-0.4, -0.2) is 23.5 Å². The third kappa shape index (κ3) is 4.42. The van der Waals surface area contributed by atoms with Gasteiger partial charge in [-0.25, -0.2) is 0 Å². The maximum absolute atomic E-state index is 12.4. The lowest BCUT2D eigenvalue weighted by Gasteiger charge is -2.56. The molecule has 4 aliphatic rings. The summed E-state index contributed by atoms with van der Waals surface area (Å²) in [5, 5.41) is 1.28. The molecular weight excluding hydrogens is 529 g/mol. The maximum atomic E-state index is 12.4. The van der Waals surface area contributed by atoms with E-state index in [-0.39, 0.29) is 24.2 Å². The zero-order valence-electron chi connectivity index (χ0n) is 17.2. The Morgan fingerprint density at radius 1 is 1.10 bits per heavy atom. The van der Waals surface area contributed by atoms with Crippen molar-refractivity contribution < 1.29 is 19.1 Å². The van der Waals surface area contributed by atoms with Gasteiger partial charge in [-0.15, -0.1) is 0 Å². The lowest BCUT2D eigenvalue weighted by molar-refractivity contribution is -0.157. The average molecular weight is 554 g/mol. The molecular formula is C24H25ClINO4. The molecule has 0 N–H and O–H groups in total. The molecule has 4 fully saturated rings. The molecule has 0 spiro atoms. The van der Waals surface area contributed by atoms with Crippen LogP contribution in [0.3, 0.4) is 0 Å². The fraction of sp³-hybridized carbons (Fsp3) is 0.542. The molecule has 0 aliphatic heterocycles. The maximum Gasteiger partial charge on any atom is 0.311 e. The number of pyridine rings is 1. The lowest BCUT2D eigenvalue weighted by atomic mass is 9.50. The van der Waals surface area contributed by atoms with Gasteiger partial charge in [0.15, 0.2) is 5.75 Å². The van der Waals surface area contributed by atoms with E-state index in [0.717, 1.165) is 23.1 Å². The van der Waals surface area contributed by atoms with Crippen molar-refractivity contribution in [2.24, 2.45) is 23.2 Å². The van der Waals surface area contributed by atoms with Crippen LogP contribution >= 0.6 is 34.2 Å². The summed E-state index contributed by atoms with van der Waals surface area (Å²) in [5.41, 5.74) is 0.728. The van der Waals surface area contributed by atoms with Crippen LogP contribution in [0.15, 0.2) is 24.4 Å². The van der Waals surface area contributed by atoms with Crippen molar-refractivity contribution in [3.63, 3.8) is 0 Å². The minimum Gasteiger partial charge on any atom is -0.465 e. The molecule has 6 rings (SSSR count). The van der Waals surface area contributed by atoms with E-state index in [9.17, 15) is 9.59 Å². The number of fused-ring (bicyclic) bond motifs is 1. The second-order valence-electron chi connectivity index (χ2n) is 9.62. The standard InChI is InChI=1S/C24H25ClINO4/c25-18-9-19(26)23(22-17(18)2-1-5-27-22)31-21(29)4-3-20(28)30-13-24-10-14-6-15(11-24)8-16(7-14)12-24/h1-2,5,9,14-16H,3-4,6-8,10-13H2. The molecule has 1 aromatic heterocycles. The summed E-state index contributed by atoms with van der Waals surface area (Å²) in [7, 11) is 0. The van der Waals surface area contributed by atoms with Gasteiger partial charge in [-0.3, -0.25) is 14.6 Å². The van der Waals surface area contributed by atoms with E-state index in [2.05, 4.69) is 27.6 Å². The first kappa shape index (κ1) is 21.4. The number of carbonyl (C=O) groups is 2. The summed E-state index contributed by atoms with van der Waals surface area (Å²) in [6.07, 6.45) is 9.34. The van der Waals surface area contributed by atoms with Gasteiger partial charge in [0, 0.05) is 17.0 Å². The van der Waals surface area contributed by atoms with Crippen LogP contribution in [-0.2, 0) is 14.3 Å². The quantitative estimate of drug-likeness (QED) is 0.252. The summed E-state index contributed by atoms with van der Waals surface area (Å²) >= 11 is 8.35. The minimum atomic E-state index is -0.473. The van der Waals surface area contributed by atoms with Gasteiger partial charge in [-0.05, 0) is 97.1 Å². The number of carbonyl (C=O) groups excluding carboxylic acids is 2. The van der Waals surface area contributed by atoms with Gasteiger partial charge in [0.1, 0.15) is 5.52 Å². The van der Waals surface area contributed by atoms with Crippen molar-refractivity contribution in [1.82, 2.24) is 4.98 Å². The Hall–Kier alpha value is -1.41. The highest BCUT2D eigenvalue weighted by Crippen LogP contribution is 2.60. The van der Waals surface area contributed by atoms with Crippen molar-refractivity contribution in [1.29, 1.82) is 0 Å². The molecule has 4 aliphatic carbocycles. The van der Waals surface area contributed by atoms with E-state index < -0.39 is 5.97 Å². The predicted octanol–water partition coefficient (Wildman–Crippen LogP) is 5.94. The first-order chi connectivity index (χ1) is 14.9. The number of ether oxygens (including phenoxy) is 2. The van der Waals surface area contributed by atoms with Gasteiger partial charge in [0.2, 0.25) is 0 Å². The summed E-state index contributed by atoms with van der Waals surface area (Å²) in [6, 6.07) is 5.36. The SMILES string of the molecule is O=C(CCC(=O)Oc1c(I)cc(Cl)c2cccnc12)OCC12CC3CC(CC(C3)C1)C2. The van der Waals surface area contributed by atoms with E-state index >= 15 is 0 Å². The van der Waals surface area contributed by atoms with E-state index in [4.69, 9.17) is 21.1 Å². The Morgan fingerprint density at radius 2 is 1.74 bits per heavy atom. The highest BCUT2D eigenvalue weighted by molar-refractivity contribution is 14.1. The van der Waals surface area contributed by atoms with Crippen molar-refractivity contribution in [2.45, 2.75) is 51.4 Å². The lowest BCUT2D eigenvalue weighted by Crippen LogP contribution is -2.48. The largest absolute Gasteiger partial charge is 0.465 e. The van der Waals surface area contributed by atoms with Crippen LogP contribution in [0.2, 0.25) is 5.02 Å². The van der Waals surface area contributed by atoms with Crippen LogP contribution in [0, 0.1) is 26.7 Å². The second-order valence-corrected chi connectivity index (χ2v) is 11.2. The van der Waals surface area contributed by atoms with Crippen molar-refractivity contribution >= 4 is 57.0 Å². The summed E-state index contributed by atoms with van der Waals surface area (Å²) in [5.74, 6) is 2.06. The number of esters is 2. The topological polar surface area (TPSA) is 65.5 Å². The van der Waals surface area contributed by atoms with Crippen LogP contribution in [0.25, 0.3) is 10.9 Å². The molecule has 0 amide bonds. The van der Waals surface area contributed by atoms with Crippen LogP contribution < -0.4 is 4.74 Å². The molecule has 1 heterocycles. The fourth-order valence-electron chi connectivity index (χ4n) is 6.39. The van der Waals surface area contributed by atoms with Gasteiger partial charge in [-0.1, -0.05) is 11.6 Å². The number of aromatic nitrogens is 1. The zero-order valence-corrected chi connectivity index (χ0v) is 20.2. The van der Waals surface area contributed by atoms with Gasteiger partial charge in [0.25, 0.3) is 0 Å². The van der Waals surface area contributed by atoms with Crippen LogP contribution in [0.5, 0.6) is 5.75 Å². The molecule has 0 radical (unpaired) electrons. The minimum absolute atomic E-state index is 0.0211. The van der Waals surface area contributed by atoms with Gasteiger partial charge < -0.3 is 9.47 Å². The molecule has 31 heavy (non-hydrogen) atoms. The van der Waals surface area contributed by atoms with E-state index in [0.29, 0.717) is 26.5 Å². The smallest absolute Gasteiger partial charge is 0.311 e. The molecule has 4 saturated carbocycles. The number of hydrogen-bond acceptors (Lipinski definition) is 5. The monoisotopic (exact) mass is 553 g/mol. The molecule has 5 nitrogen and oxygen atoms in total. The normalized spacial score (nSPS) is 28.6. The Labute approximate surface area is 200 Å². The first-order valence-electron chi connectivity index (χ1n) is 11.0. The Balaban J connectivity index is 1.16. The van der Waals surface area contributed by atoms with E-state index in [1.807, 2.05) is 6.07 Å². The van der Waals surface area contributed by atoms with E-state index in [1.165, 1.54) is 38.5 Å². The number of nitrogens with zero attached hydrogens (tertiary/aromatic N) is 1. The van der Waals surface area contributed by atoms with Gasteiger partial charge in [-0.2, -0.15) is 0 Å². The number of halogens is 2. The molecule has 4 bridgehead atoms. The fourth-order valence-corrected chi connectivity index (χ4v) is 7.51. The molecule has 7 heteroatoms. The molecule has 2 aromatic rings. The molecule has 1 aromatic carbocycles. The summed E-state index contributed by atoms with van der Waals surface area (Å²) in [4.78, 5) is 29.1. The third-order valence-corrected chi connectivity index (χ3v) is 8.32. The average Bonchev–Trinajstić information content (AvgIpc) is 2.73. The highest BCUT2D eigenvalue weighted by Gasteiger charge is 2.51. The highest BCUT2D eigenvalue weighted by atomic mass is 127. The number of hydrogen-bond donors (Lipinski definition) is 0. The second kappa shape index (κ2) is 8.50. The van der Waals surface area contributed by atoms with Crippen LogP contribution in [0.4, 0.5) is 0 Å². The molecule has 0 saturated heterocycles. The summed E-state index contributed by atoms with van der Waals surface area (Å²) < 4.78 is 11.9. The van der Waals surface area contributed by atoms with Gasteiger partial charge in [0.05, 0.1) is 28.0 Å².